The zero-order chi connectivity index (χ0) is 16.7. The quantitative estimate of drug-likeness (QED) is 0.838. The molecule has 1 saturated heterocycles. The first-order chi connectivity index (χ1) is 11.6. The zero-order valence-corrected chi connectivity index (χ0v) is 14.5. The lowest BCUT2D eigenvalue weighted by molar-refractivity contribution is -0.143. The Kier molecular flexibility index (Phi) is 4.07. The maximum atomic E-state index is 12.9. The number of rotatable bonds is 2. The van der Waals surface area contributed by atoms with Gasteiger partial charge in [-0.2, -0.15) is 0 Å². The fourth-order valence-corrected chi connectivity index (χ4v) is 4.56. The van der Waals surface area contributed by atoms with Gasteiger partial charge in [-0.15, -0.1) is 0 Å². The van der Waals surface area contributed by atoms with Crippen molar-refractivity contribution in [2.75, 3.05) is 18.0 Å². The lowest BCUT2D eigenvalue weighted by Gasteiger charge is -2.40. The van der Waals surface area contributed by atoms with E-state index in [2.05, 4.69) is 18.2 Å². The Morgan fingerprint density at radius 2 is 1.79 bits per heavy atom. The van der Waals surface area contributed by atoms with Crippen LogP contribution in [-0.2, 0) is 22.4 Å². The third-order valence-corrected chi connectivity index (χ3v) is 6.04. The topological polar surface area (TPSA) is 40.6 Å². The number of hydrogen-bond donors (Lipinski definition) is 0. The molecule has 0 spiro atoms. The summed E-state index contributed by atoms with van der Waals surface area (Å²) in [5.41, 5.74) is 3.81. The van der Waals surface area contributed by atoms with E-state index in [1.54, 1.807) is 0 Å². The predicted molar refractivity (Wildman–Crippen MR) is 94.0 cm³/mol. The molecule has 2 aliphatic carbocycles. The van der Waals surface area contributed by atoms with E-state index in [1.807, 2.05) is 16.7 Å². The van der Waals surface area contributed by atoms with Gasteiger partial charge in [0.05, 0.1) is 0 Å². The summed E-state index contributed by atoms with van der Waals surface area (Å²) in [5, 5.41) is 0. The second kappa shape index (κ2) is 6.23. The minimum absolute atomic E-state index is 0.0607. The number of aryl methyl sites for hydroxylation is 2. The van der Waals surface area contributed by atoms with Crippen molar-refractivity contribution in [2.24, 2.45) is 5.92 Å². The molecule has 2 amide bonds. The highest BCUT2D eigenvalue weighted by molar-refractivity contribution is 6.00. The lowest BCUT2D eigenvalue weighted by Crippen LogP contribution is -2.58. The molecule has 1 aromatic carbocycles. The third-order valence-electron chi connectivity index (χ3n) is 6.04. The molecule has 1 saturated carbocycles. The number of piperazine rings is 1. The highest BCUT2D eigenvalue weighted by Gasteiger charge is 2.38. The van der Waals surface area contributed by atoms with Gasteiger partial charge in [-0.3, -0.25) is 9.59 Å². The van der Waals surface area contributed by atoms with Crippen molar-refractivity contribution >= 4 is 17.5 Å². The van der Waals surface area contributed by atoms with E-state index in [0.717, 1.165) is 44.2 Å². The summed E-state index contributed by atoms with van der Waals surface area (Å²) in [7, 11) is 0. The van der Waals surface area contributed by atoms with Gasteiger partial charge in [0.1, 0.15) is 6.04 Å². The van der Waals surface area contributed by atoms with Gasteiger partial charge in [0, 0.05) is 24.7 Å². The van der Waals surface area contributed by atoms with Gasteiger partial charge in [0.15, 0.2) is 0 Å². The molecule has 128 valence electrons. The normalized spacial score (nSPS) is 24.5. The van der Waals surface area contributed by atoms with Crippen LogP contribution in [0.25, 0.3) is 0 Å². The highest BCUT2D eigenvalue weighted by atomic mass is 16.2. The van der Waals surface area contributed by atoms with Crippen LogP contribution in [0, 0.1) is 5.92 Å². The van der Waals surface area contributed by atoms with Crippen LogP contribution in [-0.4, -0.2) is 35.8 Å². The van der Waals surface area contributed by atoms with Gasteiger partial charge in [-0.1, -0.05) is 18.9 Å². The smallest absolute Gasteiger partial charge is 0.249 e. The van der Waals surface area contributed by atoms with Crippen LogP contribution in [0.4, 0.5) is 5.69 Å². The molecule has 1 aromatic rings. The first-order valence-electron chi connectivity index (χ1n) is 9.39. The Hall–Kier alpha value is -1.84. The number of carbonyl (C=O) groups excluding carboxylic acids is 2. The van der Waals surface area contributed by atoms with Crippen molar-refractivity contribution in [1.29, 1.82) is 0 Å². The first-order valence-corrected chi connectivity index (χ1v) is 9.39. The maximum Gasteiger partial charge on any atom is 0.249 e. The second-order valence-corrected chi connectivity index (χ2v) is 7.49. The van der Waals surface area contributed by atoms with E-state index in [9.17, 15) is 9.59 Å². The summed E-state index contributed by atoms with van der Waals surface area (Å²) in [6, 6.07) is 6.08. The van der Waals surface area contributed by atoms with Crippen molar-refractivity contribution < 1.29 is 9.59 Å². The van der Waals surface area contributed by atoms with Gasteiger partial charge < -0.3 is 9.80 Å². The van der Waals surface area contributed by atoms with Crippen molar-refractivity contribution in [3.05, 3.63) is 29.3 Å². The average molecular weight is 326 g/mol. The van der Waals surface area contributed by atoms with Gasteiger partial charge in [-0.25, -0.2) is 0 Å². The Morgan fingerprint density at radius 1 is 1.04 bits per heavy atom. The molecule has 4 heteroatoms. The van der Waals surface area contributed by atoms with E-state index >= 15 is 0 Å². The van der Waals surface area contributed by atoms with Gasteiger partial charge >= 0.3 is 0 Å². The summed E-state index contributed by atoms with van der Waals surface area (Å²) in [4.78, 5) is 29.3. The monoisotopic (exact) mass is 326 g/mol. The SMILES string of the molecule is CC1C(=O)N(c2ccc3c(c2)CCC3)CCN1C(=O)C1CCCC1. The molecule has 2 fully saturated rings. The van der Waals surface area contributed by atoms with Crippen LogP contribution in [0.1, 0.15) is 50.2 Å². The molecule has 1 atom stereocenters. The number of carbonyl (C=O) groups is 2. The Labute approximate surface area is 143 Å². The predicted octanol–water partition coefficient (Wildman–Crippen LogP) is 2.93. The Balaban J connectivity index is 1.50. The number of benzene rings is 1. The molecule has 4 rings (SSSR count). The Bertz CT molecular complexity index is 664. The van der Waals surface area contributed by atoms with Crippen LogP contribution in [0.3, 0.4) is 0 Å². The molecule has 3 aliphatic rings. The fraction of sp³-hybridized carbons (Fsp3) is 0.600. The average Bonchev–Trinajstić information content (AvgIpc) is 3.27. The van der Waals surface area contributed by atoms with Crippen molar-refractivity contribution in [3.63, 3.8) is 0 Å². The minimum atomic E-state index is -0.347. The second-order valence-electron chi connectivity index (χ2n) is 7.49. The minimum Gasteiger partial charge on any atom is -0.329 e. The number of nitrogens with zero attached hydrogens (tertiary/aromatic N) is 2. The summed E-state index contributed by atoms with van der Waals surface area (Å²) in [5.74, 6) is 0.402. The van der Waals surface area contributed by atoms with Crippen LogP contribution in [0.5, 0.6) is 0 Å². The number of hydrogen-bond acceptors (Lipinski definition) is 2. The molecule has 0 aromatic heterocycles. The fourth-order valence-electron chi connectivity index (χ4n) is 4.56. The summed E-state index contributed by atoms with van der Waals surface area (Å²) < 4.78 is 0. The molecule has 1 heterocycles. The highest BCUT2D eigenvalue weighted by Crippen LogP contribution is 2.31. The van der Waals surface area contributed by atoms with Gasteiger partial charge in [-0.05, 0) is 62.3 Å². The van der Waals surface area contributed by atoms with Crippen molar-refractivity contribution in [3.8, 4) is 0 Å². The molecular formula is C20H26N2O2. The van der Waals surface area contributed by atoms with E-state index in [4.69, 9.17) is 0 Å². The van der Waals surface area contributed by atoms with E-state index in [-0.39, 0.29) is 23.8 Å². The maximum absolute atomic E-state index is 12.9. The summed E-state index contributed by atoms with van der Waals surface area (Å²) in [6.07, 6.45) is 7.76. The molecule has 1 aliphatic heterocycles. The van der Waals surface area contributed by atoms with E-state index < -0.39 is 0 Å². The van der Waals surface area contributed by atoms with Crippen LogP contribution in [0.2, 0.25) is 0 Å². The molecule has 0 N–H and O–H groups in total. The van der Waals surface area contributed by atoms with E-state index in [1.165, 1.54) is 17.5 Å². The largest absolute Gasteiger partial charge is 0.329 e. The molecule has 4 nitrogen and oxygen atoms in total. The molecule has 0 bridgehead atoms. The van der Waals surface area contributed by atoms with Gasteiger partial charge in [0.2, 0.25) is 11.8 Å². The zero-order valence-electron chi connectivity index (χ0n) is 14.5. The van der Waals surface area contributed by atoms with Crippen molar-refractivity contribution in [2.45, 2.75) is 57.9 Å². The molecular weight excluding hydrogens is 300 g/mol. The lowest BCUT2D eigenvalue weighted by atomic mass is 10.0. The summed E-state index contributed by atoms with van der Waals surface area (Å²) >= 11 is 0. The standard InChI is InChI=1S/C20H26N2O2/c1-14-19(23)22(18-10-9-15-7-4-8-17(15)13-18)12-11-21(14)20(24)16-5-2-3-6-16/h9-10,13-14,16H,2-8,11-12H2,1H3. The molecule has 24 heavy (non-hydrogen) atoms. The van der Waals surface area contributed by atoms with Crippen LogP contribution in [0.15, 0.2) is 18.2 Å². The van der Waals surface area contributed by atoms with E-state index in [0.29, 0.717) is 13.1 Å². The third kappa shape index (κ3) is 2.62. The van der Waals surface area contributed by atoms with Crippen molar-refractivity contribution in [1.82, 2.24) is 4.90 Å². The van der Waals surface area contributed by atoms with Gasteiger partial charge in [0.25, 0.3) is 0 Å². The van der Waals surface area contributed by atoms with Crippen LogP contribution >= 0.6 is 0 Å². The number of amides is 2. The Morgan fingerprint density at radius 3 is 2.58 bits per heavy atom. The molecule has 0 radical (unpaired) electrons. The summed E-state index contributed by atoms with van der Waals surface area (Å²) in [6.45, 7) is 3.15. The number of anilines is 1. The first kappa shape index (κ1) is 15.7. The van der Waals surface area contributed by atoms with Crippen LogP contribution < -0.4 is 4.90 Å². The number of fused-ring (bicyclic) bond motifs is 1. The molecule has 1 unspecified atom stereocenters.